The van der Waals surface area contributed by atoms with E-state index < -0.39 is 0 Å². The third-order valence-electron chi connectivity index (χ3n) is 3.14. The number of anilines is 1. The van der Waals surface area contributed by atoms with Gasteiger partial charge in [-0.3, -0.25) is 4.79 Å². The molecule has 4 nitrogen and oxygen atoms in total. The standard InChI is InChI=1S/C16H17BrN2O2/c1-21-13-6-7-14(17)15(9-13)19-16(20)8-11-4-2-3-5-12(11)10-18/h2-7,9H,8,10,18H2,1H3,(H,19,20). The number of benzene rings is 2. The van der Waals surface area contributed by atoms with Crippen LogP contribution in [0.2, 0.25) is 0 Å². The number of amides is 1. The van der Waals surface area contributed by atoms with E-state index in [-0.39, 0.29) is 12.3 Å². The van der Waals surface area contributed by atoms with E-state index in [0.29, 0.717) is 18.0 Å². The summed E-state index contributed by atoms with van der Waals surface area (Å²) in [5.74, 6) is 0.598. The van der Waals surface area contributed by atoms with Gasteiger partial charge in [0.1, 0.15) is 5.75 Å². The molecular weight excluding hydrogens is 332 g/mol. The number of rotatable bonds is 5. The van der Waals surface area contributed by atoms with Crippen LogP contribution in [0.15, 0.2) is 46.9 Å². The van der Waals surface area contributed by atoms with Crippen LogP contribution in [-0.2, 0) is 17.8 Å². The Labute approximate surface area is 132 Å². The van der Waals surface area contributed by atoms with Gasteiger partial charge in [-0.15, -0.1) is 0 Å². The molecule has 0 aromatic heterocycles. The van der Waals surface area contributed by atoms with Gasteiger partial charge < -0.3 is 15.8 Å². The normalized spacial score (nSPS) is 10.2. The second-order valence-corrected chi connectivity index (χ2v) is 5.40. The van der Waals surface area contributed by atoms with Crippen LogP contribution in [0.3, 0.4) is 0 Å². The van der Waals surface area contributed by atoms with Crippen LogP contribution in [0, 0.1) is 0 Å². The molecule has 0 aliphatic heterocycles. The number of nitrogens with one attached hydrogen (secondary N) is 1. The molecule has 0 bridgehead atoms. The molecule has 0 fully saturated rings. The number of carbonyl (C=O) groups is 1. The van der Waals surface area contributed by atoms with E-state index in [1.54, 1.807) is 13.2 Å². The number of hydrogen-bond donors (Lipinski definition) is 2. The quantitative estimate of drug-likeness (QED) is 0.872. The molecule has 2 rings (SSSR count). The van der Waals surface area contributed by atoms with Crippen molar-refractivity contribution in [1.82, 2.24) is 0 Å². The molecule has 1 amide bonds. The fourth-order valence-electron chi connectivity index (χ4n) is 2.02. The van der Waals surface area contributed by atoms with Gasteiger partial charge >= 0.3 is 0 Å². The maximum atomic E-state index is 12.2. The topological polar surface area (TPSA) is 64.3 Å². The lowest BCUT2D eigenvalue weighted by molar-refractivity contribution is -0.115. The first-order valence-corrected chi connectivity index (χ1v) is 7.33. The fraction of sp³-hybridized carbons (Fsp3) is 0.188. The van der Waals surface area contributed by atoms with Crippen molar-refractivity contribution < 1.29 is 9.53 Å². The van der Waals surface area contributed by atoms with Crippen molar-refractivity contribution >= 4 is 27.5 Å². The number of halogens is 1. The predicted molar refractivity (Wildman–Crippen MR) is 87.4 cm³/mol. The summed E-state index contributed by atoms with van der Waals surface area (Å²) in [6.45, 7) is 0.423. The summed E-state index contributed by atoms with van der Waals surface area (Å²) in [7, 11) is 1.59. The minimum absolute atomic E-state index is 0.0927. The highest BCUT2D eigenvalue weighted by Gasteiger charge is 2.10. The lowest BCUT2D eigenvalue weighted by atomic mass is 10.0. The summed E-state index contributed by atoms with van der Waals surface area (Å²) < 4.78 is 5.97. The first kappa shape index (κ1) is 15.5. The lowest BCUT2D eigenvalue weighted by Gasteiger charge is -2.11. The molecular formula is C16H17BrN2O2. The Hall–Kier alpha value is -1.85. The average molecular weight is 349 g/mol. The summed E-state index contributed by atoms with van der Waals surface area (Å²) >= 11 is 3.41. The van der Waals surface area contributed by atoms with Gasteiger partial charge in [-0.1, -0.05) is 24.3 Å². The van der Waals surface area contributed by atoms with Crippen molar-refractivity contribution in [1.29, 1.82) is 0 Å². The zero-order valence-corrected chi connectivity index (χ0v) is 13.3. The molecule has 2 aromatic carbocycles. The van der Waals surface area contributed by atoms with Crippen LogP contribution in [0.5, 0.6) is 5.75 Å². The SMILES string of the molecule is COc1ccc(Br)c(NC(=O)Cc2ccccc2CN)c1. The Morgan fingerprint density at radius 1 is 1.24 bits per heavy atom. The Kier molecular flexibility index (Phi) is 5.36. The molecule has 0 saturated carbocycles. The molecule has 0 unspecified atom stereocenters. The average Bonchev–Trinajstić information content (AvgIpc) is 2.50. The summed E-state index contributed by atoms with van der Waals surface area (Å²) in [6, 6.07) is 13.1. The van der Waals surface area contributed by atoms with Crippen molar-refractivity contribution in [3.8, 4) is 5.75 Å². The molecule has 0 saturated heterocycles. The van der Waals surface area contributed by atoms with E-state index in [4.69, 9.17) is 10.5 Å². The summed E-state index contributed by atoms with van der Waals surface area (Å²) in [6.07, 6.45) is 0.289. The van der Waals surface area contributed by atoms with E-state index in [1.807, 2.05) is 36.4 Å². The maximum Gasteiger partial charge on any atom is 0.228 e. The number of hydrogen-bond acceptors (Lipinski definition) is 3. The van der Waals surface area contributed by atoms with E-state index in [0.717, 1.165) is 15.6 Å². The second kappa shape index (κ2) is 7.24. The Bertz CT molecular complexity index is 644. The lowest BCUT2D eigenvalue weighted by Crippen LogP contribution is -2.16. The van der Waals surface area contributed by atoms with Crippen molar-refractivity contribution in [3.63, 3.8) is 0 Å². The van der Waals surface area contributed by atoms with Crippen molar-refractivity contribution in [2.45, 2.75) is 13.0 Å². The number of carbonyl (C=O) groups excluding carboxylic acids is 1. The van der Waals surface area contributed by atoms with Gasteiger partial charge in [0.2, 0.25) is 5.91 Å². The second-order valence-electron chi connectivity index (χ2n) is 4.54. The van der Waals surface area contributed by atoms with Crippen LogP contribution >= 0.6 is 15.9 Å². The van der Waals surface area contributed by atoms with Gasteiger partial charge in [0.15, 0.2) is 0 Å². The summed E-state index contributed by atoms with van der Waals surface area (Å²) in [4.78, 5) is 12.2. The highest BCUT2D eigenvalue weighted by Crippen LogP contribution is 2.27. The van der Waals surface area contributed by atoms with Crippen LogP contribution in [0.1, 0.15) is 11.1 Å². The van der Waals surface area contributed by atoms with E-state index in [9.17, 15) is 4.79 Å². The van der Waals surface area contributed by atoms with Crippen LogP contribution in [-0.4, -0.2) is 13.0 Å². The molecule has 0 atom stereocenters. The smallest absolute Gasteiger partial charge is 0.228 e. The monoisotopic (exact) mass is 348 g/mol. The Balaban J connectivity index is 2.11. The van der Waals surface area contributed by atoms with Crippen molar-refractivity contribution in [2.24, 2.45) is 5.73 Å². The zero-order valence-electron chi connectivity index (χ0n) is 11.7. The molecule has 110 valence electrons. The molecule has 3 N–H and O–H groups in total. The van der Waals surface area contributed by atoms with Crippen molar-refractivity contribution in [2.75, 3.05) is 12.4 Å². The van der Waals surface area contributed by atoms with Gasteiger partial charge in [0.25, 0.3) is 0 Å². The van der Waals surface area contributed by atoms with Gasteiger partial charge in [0.05, 0.1) is 19.2 Å². The highest BCUT2D eigenvalue weighted by atomic mass is 79.9. The third kappa shape index (κ3) is 4.06. The summed E-state index contributed by atoms with van der Waals surface area (Å²) in [5, 5.41) is 2.88. The number of nitrogens with two attached hydrogens (primary N) is 1. The van der Waals surface area contributed by atoms with E-state index >= 15 is 0 Å². The van der Waals surface area contributed by atoms with Gasteiger partial charge in [-0.05, 0) is 39.2 Å². The van der Waals surface area contributed by atoms with Crippen molar-refractivity contribution in [3.05, 3.63) is 58.1 Å². The fourth-order valence-corrected chi connectivity index (χ4v) is 2.37. The molecule has 0 spiro atoms. The number of ether oxygens (including phenoxy) is 1. The minimum atomic E-state index is -0.0927. The van der Waals surface area contributed by atoms with Crippen LogP contribution < -0.4 is 15.8 Å². The molecule has 0 radical (unpaired) electrons. The van der Waals surface area contributed by atoms with Gasteiger partial charge in [0, 0.05) is 17.1 Å². The molecule has 2 aromatic rings. The molecule has 0 aliphatic rings. The molecule has 0 aliphatic carbocycles. The minimum Gasteiger partial charge on any atom is -0.497 e. The zero-order chi connectivity index (χ0) is 15.2. The first-order valence-electron chi connectivity index (χ1n) is 6.54. The van der Waals surface area contributed by atoms with Crippen LogP contribution in [0.4, 0.5) is 5.69 Å². The maximum absolute atomic E-state index is 12.2. The Morgan fingerprint density at radius 3 is 2.62 bits per heavy atom. The molecule has 21 heavy (non-hydrogen) atoms. The van der Waals surface area contributed by atoms with E-state index in [2.05, 4.69) is 21.2 Å². The highest BCUT2D eigenvalue weighted by molar-refractivity contribution is 9.10. The van der Waals surface area contributed by atoms with Crippen LogP contribution in [0.25, 0.3) is 0 Å². The molecule has 0 heterocycles. The summed E-state index contributed by atoms with van der Waals surface area (Å²) in [5.41, 5.74) is 8.29. The first-order chi connectivity index (χ1) is 10.1. The Morgan fingerprint density at radius 2 is 1.95 bits per heavy atom. The predicted octanol–water partition coefficient (Wildman–Crippen LogP) is 3.10. The molecule has 5 heteroatoms. The third-order valence-corrected chi connectivity index (χ3v) is 3.83. The largest absolute Gasteiger partial charge is 0.497 e. The van der Waals surface area contributed by atoms with Gasteiger partial charge in [-0.2, -0.15) is 0 Å². The van der Waals surface area contributed by atoms with E-state index in [1.165, 1.54) is 0 Å². The van der Waals surface area contributed by atoms with Gasteiger partial charge in [-0.25, -0.2) is 0 Å². The number of methoxy groups -OCH3 is 1.